The molecule has 0 aromatic carbocycles. The summed E-state index contributed by atoms with van der Waals surface area (Å²) in [7, 11) is -4.74. The number of aliphatic hydroxyl groups excluding tert-OH is 1. The number of aliphatic hydroxyl groups is 1. The van der Waals surface area contributed by atoms with Gasteiger partial charge in [0.2, 0.25) is 0 Å². The van der Waals surface area contributed by atoms with E-state index in [0.717, 1.165) is 57.8 Å². The first-order valence-electron chi connectivity index (χ1n) is 31.2. The third kappa shape index (κ3) is 54.7. The lowest BCUT2D eigenvalue weighted by molar-refractivity contribution is -0.161. The zero-order chi connectivity index (χ0) is 54.1. The minimum absolute atomic E-state index is 0.170. The molecule has 3 unspecified atom stereocenters. The number of ether oxygens (including phenoxy) is 3. The summed E-state index contributed by atoms with van der Waals surface area (Å²) in [6.45, 7) is 4.67. The zero-order valence-corrected chi connectivity index (χ0v) is 49.2. The van der Waals surface area contributed by atoms with Crippen molar-refractivity contribution < 1.29 is 52.2 Å². The molecule has 0 aliphatic rings. The molecule has 0 radical (unpaired) electrons. The Morgan fingerprint density at radius 3 is 0.932 bits per heavy atom. The smallest absolute Gasteiger partial charge is 0.462 e. The van der Waals surface area contributed by atoms with E-state index in [1.165, 1.54) is 199 Å². The van der Waals surface area contributed by atoms with Gasteiger partial charge in [0.15, 0.2) is 6.10 Å². The highest BCUT2D eigenvalue weighted by Crippen LogP contribution is 2.43. The van der Waals surface area contributed by atoms with Crippen LogP contribution in [-0.2, 0) is 42.2 Å². The Bertz CT molecular complexity index is 1340. The summed E-state index contributed by atoms with van der Waals surface area (Å²) in [4.78, 5) is 48.6. The van der Waals surface area contributed by atoms with Gasteiger partial charge in [-0.2, -0.15) is 0 Å². The molecule has 0 aliphatic heterocycles. The average Bonchev–Trinajstić information content (AvgIpc) is 3.39. The molecule has 436 valence electrons. The van der Waals surface area contributed by atoms with Crippen molar-refractivity contribution in [2.75, 3.05) is 26.4 Å². The van der Waals surface area contributed by atoms with E-state index in [4.69, 9.17) is 23.3 Å². The van der Waals surface area contributed by atoms with Crippen LogP contribution in [0.4, 0.5) is 0 Å². The van der Waals surface area contributed by atoms with Crippen molar-refractivity contribution in [1.82, 2.24) is 0 Å². The van der Waals surface area contributed by atoms with Crippen molar-refractivity contribution in [3.63, 3.8) is 0 Å². The van der Waals surface area contributed by atoms with Crippen LogP contribution in [-0.4, -0.2) is 66.5 Å². The number of carbonyl (C=O) groups excluding carboxylic acids is 3. The first kappa shape index (κ1) is 72.0. The van der Waals surface area contributed by atoms with Crippen LogP contribution in [0.5, 0.6) is 0 Å². The van der Waals surface area contributed by atoms with Gasteiger partial charge in [-0.1, -0.05) is 251 Å². The molecule has 0 fully saturated rings. The topological polar surface area (TPSA) is 155 Å². The van der Waals surface area contributed by atoms with Gasteiger partial charge in [0, 0.05) is 19.3 Å². The molecule has 3 atom stereocenters. The van der Waals surface area contributed by atoms with Crippen LogP contribution in [0, 0.1) is 0 Å². The van der Waals surface area contributed by atoms with Gasteiger partial charge in [-0.05, 0) is 70.6 Å². The van der Waals surface area contributed by atoms with E-state index >= 15 is 0 Å². The molecule has 0 saturated heterocycles. The Morgan fingerprint density at radius 2 is 0.622 bits per heavy atom. The predicted octanol–water partition coefficient (Wildman–Crippen LogP) is 18.6. The Balaban J connectivity index is 4.64. The van der Waals surface area contributed by atoms with Gasteiger partial charge in [0.05, 0.1) is 19.8 Å². The Labute approximate surface area is 455 Å². The Hall–Kier alpha value is -2.04. The van der Waals surface area contributed by atoms with Gasteiger partial charge >= 0.3 is 25.7 Å². The summed E-state index contributed by atoms with van der Waals surface area (Å²) in [6, 6.07) is 0. The molecule has 0 heterocycles. The molecule has 0 aliphatic carbocycles. The van der Waals surface area contributed by atoms with Crippen molar-refractivity contribution >= 4 is 25.7 Å². The fourth-order valence-electron chi connectivity index (χ4n) is 9.05. The van der Waals surface area contributed by atoms with Crippen molar-refractivity contribution in [2.45, 2.75) is 328 Å². The zero-order valence-electron chi connectivity index (χ0n) is 48.3. The van der Waals surface area contributed by atoms with E-state index in [0.29, 0.717) is 19.3 Å². The van der Waals surface area contributed by atoms with E-state index in [-0.39, 0.29) is 25.9 Å². The van der Waals surface area contributed by atoms with Crippen LogP contribution in [0.15, 0.2) is 24.3 Å². The largest absolute Gasteiger partial charge is 0.472 e. The molecule has 0 bridgehead atoms. The minimum atomic E-state index is -4.74. The molecular formula is C62H117O11P. The summed E-state index contributed by atoms with van der Waals surface area (Å²) in [5, 5.41) is 9.79. The van der Waals surface area contributed by atoms with Gasteiger partial charge in [-0.15, -0.1) is 0 Å². The lowest BCUT2D eigenvalue weighted by Crippen LogP contribution is -2.30. The number of esters is 3. The first-order chi connectivity index (χ1) is 36.2. The Kier molecular flexibility index (Phi) is 55.6. The minimum Gasteiger partial charge on any atom is -0.462 e. The van der Waals surface area contributed by atoms with Crippen LogP contribution in [0.3, 0.4) is 0 Å². The van der Waals surface area contributed by atoms with E-state index in [9.17, 15) is 28.9 Å². The maximum absolute atomic E-state index is 12.9. The van der Waals surface area contributed by atoms with Crippen molar-refractivity contribution in [2.24, 2.45) is 0 Å². The predicted molar refractivity (Wildman–Crippen MR) is 307 cm³/mol. The van der Waals surface area contributed by atoms with Crippen molar-refractivity contribution in [3.8, 4) is 0 Å². The standard InChI is InChI=1S/C62H117O11P/c1-4-7-10-13-16-19-21-23-25-27-29-31-33-35-37-40-42-45-48-51-60(64)69-55-59(57-71-74(67,68)70-56-58(54-63)72-61(65)52-49-46-43-39-18-15-12-9-6-3)73-62(66)53-50-47-44-41-38-36-34-32-30-28-26-24-22-20-17-14-11-8-5-2/h23-26,58-59,63H,4-22,27-57H2,1-3H3,(H,67,68)/b25-23-,26-24-. The molecule has 0 aromatic rings. The number of hydrogen-bond acceptors (Lipinski definition) is 10. The lowest BCUT2D eigenvalue weighted by Gasteiger charge is -2.21. The first-order valence-corrected chi connectivity index (χ1v) is 32.7. The van der Waals surface area contributed by atoms with Gasteiger partial charge in [0.25, 0.3) is 0 Å². The third-order valence-corrected chi connectivity index (χ3v) is 14.8. The number of phosphoric acid groups is 1. The molecule has 0 rings (SSSR count). The summed E-state index contributed by atoms with van der Waals surface area (Å²) >= 11 is 0. The number of unbranched alkanes of at least 4 members (excludes halogenated alkanes) is 38. The molecule has 12 heteroatoms. The highest BCUT2D eigenvalue weighted by Gasteiger charge is 2.28. The second-order valence-electron chi connectivity index (χ2n) is 21.2. The number of hydrogen-bond donors (Lipinski definition) is 2. The summed E-state index contributed by atoms with van der Waals surface area (Å²) in [5.74, 6) is -1.44. The molecule has 11 nitrogen and oxygen atoms in total. The second-order valence-corrected chi connectivity index (χ2v) is 22.7. The molecule has 0 saturated carbocycles. The SMILES string of the molecule is CCCCCCCC/C=C\CCCCCCCCCCCC(=O)OCC(COP(=O)(O)OCC(CO)OC(=O)CCCCCCCCCCC)OC(=O)CCCCCCCCCCC/C=C\CCCCCCCC. The van der Waals surface area contributed by atoms with Crippen LogP contribution in [0.1, 0.15) is 316 Å². The fourth-order valence-corrected chi connectivity index (χ4v) is 9.84. The normalized spacial score (nSPS) is 13.4. The second kappa shape index (κ2) is 57.1. The van der Waals surface area contributed by atoms with Crippen LogP contribution in [0.25, 0.3) is 0 Å². The molecule has 0 amide bonds. The number of carbonyl (C=O) groups is 3. The molecule has 2 N–H and O–H groups in total. The highest BCUT2D eigenvalue weighted by molar-refractivity contribution is 7.47. The summed E-state index contributed by atoms with van der Waals surface area (Å²) in [5.41, 5.74) is 0. The van der Waals surface area contributed by atoms with Crippen molar-refractivity contribution in [1.29, 1.82) is 0 Å². The quantitative estimate of drug-likeness (QED) is 0.0197. The highest BCUT2D eigenvalue weighted by atomic mass is 31.2. The van der Waals surface area contributed by atoms with Gasteiger partial charge in [-0.25, -0.2) is 4.57 Å². The van der Waals surface area contributed by atoms with E-state index < -0.39 is 57.8 Å². The van der Waals surface area contributed by atoms with E-state index in [2.05, 4.69) is 45.1 Å². The number of rotatable bonds is 59. The van der Waals surface area contributed by atoms with Gasteiger partial charge in [0.1, 0.15) is 12.7 Å². The van der Waals surface area contributed by atoms with Crippen LogP contribution < -0.4 is 0 Å². The summed E-state index contributed by atoms with van der Waals surface area (Å²) in [6.07, 6.45) is 58.6. The van der Waals surface area contributed by atoms with Gasteiger partial charge in [-0.3, -0.25) is 23.4 Å². The monoisotopic (exact) mass is 1070 g/mol. The molecule has 0 spiro atoms. The maximum Gasteiger partial charge on any atom is 0.472 e. The molecule has 74 heavy (non-hydrogen) atoms. The molecular weight excluding hydrogens is 952 g/mol. The number of phosphoric ester groups is 1. The average molecular weight is 1070 g/mol. The van der Waals surface area contributed by atoms with Gasteiger partial charge < -0.3 is 24.2 Å². The Morgan fingerprint density at radius 1 is 0.365 bits per heavy atom. The number of allylic oxidation sites excluding steroid dienone is 4. The van der Waals surface area contributed by atoms with Crippen molar-refractivity contribution in [3.05, 3.63) is 24.3 Å². The third-order valence-electron chi connectivity index (χ3n) is 13.8. The maximum atomic E-state index is 12.9. The van der Waals surface area contributed by atoms with Crippen LogP contribution in [0.2, 0.25) is 0 Å². The van der Waals surface area contributed by atoms with Crippen LogP contribution >= 0.6 is 7.82 Å². The van der Waals surface area contributed by atoms with E-state index in [1.54, 1.807) is 0 Å². The lowest BCUT2D eigenvalue weighted by atomic mass is 10.1. The van der Waals surface area contributed by atoms with E-state index in [1.807, 2.05) is 0 Å². The molecule has 0 aromatic heterocycles. The summed E-state index contributed by atoms with van der Waals surface area (Å²) < 4.78 is 39.6. The fraction of sp³-hybridized carbons (Fsp3) is 0.887.